The van der Waals surface area contributed by atoms with Gasteiger partial charge in [-0.3, -0.25) is 4.79 Å². The lowest BCUT2D eigenvalue weighted by Crippen LogP contribution is -2.22. The number of esters is 1. The van der Waals surface area contributed by atoms with Gasteiger partial charge in [-0.05, 0) is 50.4 Å². The SMILES string of the molecule is C#CC#CC#CCOC(=O)C(C)(C)C. The second-order valence-corrected chi connectivity index (χ2v) is 3.52. The quantitative estimate of drug-likeness (QED) is 0.457. The lowest BCUT2D eigenvalue weighted by Gasteiger charge is -2.14. The van der Waals surface area contributed by atoms with E-state index in [4.69, 9.17) is 11.2 Å². The van der Waals surface area contributed by atoms with Gasteiger partial charge in [-0.1, -0.05) is 0 Å². The van der Waals surface area contributed by atoms with Crippen LogP contribution in [-0.4, -0.2) is 12.6 Å². The van der Waals surface area contributed by atoms with Crippen molar-refractivity contribution in [2.45, 2.75) is 20.8 Å². The Hall–Kier alpha value is -1.85. The summed E-state index contributed by atoms with van der Waals surface area (Å²) in [6, 6.07) is 0. The minimum Gasteiger partial charge on any atom is -0.452 e. The number of ether oxygens (including phenoxy) is 1. The second kappa shape index (κ2) is 5.74. The average molecular weight is 188 g/mol. The fourth-order valence-electron chi connectivity index (χ4n) is 0.466. The molecular weight excluding hydrogens is 176 g/mol. The molecule has 0 aliphatic rings. The molecule has 0 rings (SSSR count). The van der Waals surface area contributed by atoms with Crippen LogP contribution < -0.4 is 0 Å². The van der Waals surface area contributed by atoms with E-state index < -0.39 is 5.41 Å². The molecule has 0 amide bonds. The summed E-state index contributed by atoms with van der Waals surface area (Å²) in [6.45, 7) is 5.39. The van der Waals surface area contributed by atoms with Crippen LogP contribution in [0.4, 0.5) is 0 Å². The molecule has 2 heteroatoms. The highest BCUT2D eigenvalue weighted by atomic mass is 16.5. The largest absolute Gasteiger partial charge is 0.452 e. The summed E-state index contributed by atoms with van der Waals surface area (Å²) in [5.41, 5.74) is -0.494. The molecule has 0 radical (unpaired) electrons. The summed E-state index contributed by atoms with van der Waals surface area (Å²) in [5.74, 6) is 11.6. The maximum Gasteiger partial charge on any atom is 0.312 e. The maximum atomic E-state index is 11.2. The Balaban J connectivity index is 3.92. The van der Waals surface area contributed by atoms with Gasteiger partial charge in [0.25, 0.3) is 0 Å². The Kier molecular flexibility index (Phi) is 4.98. The van der Waals surface area contributed by atoms with Gasteiger partial charge in [0.1, 0.15) is 0 Å². The van der Waals surface area contributed by atoms with E-state index in [-0.39, 0.29) is 12.6 Å². The molecule has 0 aliphatic heterocycles. The minimum atomic E-state index is -0.494. The van der Waals surface area contributed by atoms with Crippen LogP contribution in [0.3, 0.4) is 0 Å². The van der Waals surface area contributed by atoms with Gasteiger partial charge in [-0.2, -0.15) is 0 Å². The van der Waals surface area contributed by atoms with Gasteiger partial charge in [0, 0.05) is 0 Å². The van der Waals surface area contributed by atoms with Crippen molar-refractivity contribution in [2.24, 2.45) is 5.41 Å². The topological polar surface area (TPSA) is 26.3 Å². The van der Waals surface area contributed by atoms with Crippen molar-refractivity contribution >= 4 is 5.97 Å². The average Bonchev–Trinajstić information content (AvgIpc) is 2.09. The first kappa shape index (κ1) is 12.2. The third-order valence-electron chi connectivity index (χ3n) is 1.17. The predicted molar refractivity (Wildman–Crippen MR) is 54.8 cm³/mol. The number of hydrogen-bond donors (Lipinski definition) is 0. The van der Waals surface area contributed by atoms with E-state index >= 15 is 0 Å². The maximum absolute atomic E-state index is 11.2. The van der Waals surface area contributed by atoms with Crippen molar-refractivity contribution < 1.29 is 9.53 Å². The molecule has 2 nitrogen and oxygen atoms in total. The van der Waals surface area contributed by atoms with Crippen molar-refractivity contribution in [2.75, 3.05) is 6.61 Å². The normalized spacial score (nSPS) is 8.43. The molecule has 0 N–H and O–H groups in total. The molecule has 0 aliphatic carbocycles. The summed E-state index contributed by atoms with van der Waals surface area (Å²) < 4.78 is 4.85. The number of carbonyl (C=O) groups excluding carboxylic acids is 1. The number of rotatable bonds is 1. The van der Waals surface area contributed by atoms with E-state index in [0.29, 0.717) is 0 Å². The molecule has 0 aromatic heterocycles. The standard InChI is InChI=1S/C12H12O2/c1-5-6-7-8-9-10-14-11(13)12(2,3)4/h1H,10H2,2-4H3. The smallest absolute Gasteiger partial charge is 0.312 e. The summed E-state index contributed by atoms with van der Waals surface area (Å²) >= 11 is 0. The molecule has 72 valence electrons. The zero-order valence-corrected chi connectivity index (χ0v) is 8.60. The molecule has 0 aromatic carbocycles. The van der Waals surface area contributed by atoms with Gasteiger partial charge >= 0.3 is 5.97 Å². The van der Waals surface area contributed by atoms with Crippen molar-refractivity contribution in [1.29, 1.82) is 0 Å². The summed E-state index contributed by atoms with van der Waals surface area (Å²) in [4.78, 5) is 11.2. The van der Waals surface area contributed by atoms with E-state index in [9.17, 15) is 4.79 Å². The first-order valence-electron chi connectivity index (χ1n) is 4.09. The molecule has 0 fully saturated rings. The van der Waals surface area contributed by atoms with E-state index in [1.807, 2.05) is 0 Å². The lowest BCUT2D eigenvalue weighted by molar-refractivity contribution is -0.151. The van der Waals surface area contributed by atoms with Crippen LogP contribution >= 0.6 is 0 Å². The van der Waals surface area contributed by atoms with Gasteiger partial charge in [0.05, 0.1) is 5.41 Å². The molecule has 0 aromatic rings. The lowest BCUT2D eigenvalue weighted by atomic mass is 9.97. The molecule has 0 unspecified atom stereocenters. The van der Waals surface area contributed by atoms with E-state index in [2.05, 4.69) is 29.6 Å². The van der Waals surface area contributed by atoms with Gasteiger partial charge in [0.2, 0.25) is 0 Å². The van der Waals surface area contributed by atoms with E-state index in [1.54, 1.807) is 20.8 Å². The Morgan fingerprint density at radius 3 is 2.43 bits per heavy atom. The van der Waals surface area contributed by atoms with E-state index in [1.165, 1.54) is 0 Å². The summed E-state index contributed by atoms with van der Waals surface area (Å²) in [6.07, 6.45) is 4.87. The molecule has 0 bridgehead atoms. The van der Waals surface area contributed by atoms with Gasteiger partial charge in [-0.15, -0.1) is 6.42 Å². The van der Waals surface area contributed by atoms with Crippen molar-refractivity contribution in [3.05, 3.63) is 0 Å². The zero-order chi connectivity index (χ0) is 11.0. The molecule has 14 heavy (non-hydrogen) atoms. The van der Waals surface area contributed by atoms with Crippen LogP contribution in [0.25, 0.3) is 0 Å². The van der Waals surface area contributed by atoms with Crippen LogP contribution in [0.15, 0.2) is 0 Å². The molecule has 0 heterocycles. The summed E-state index contributed by atoms with van der Waals surface area (Å²) in [7, 11) is 0. The Labute approximate surface area is 85.0 Å². The number of carbonyl (C=O) groups is 1. The highest BCUT2D eigenvalue weighted by Crippen LogP contribution is 2.14. The third kappa shape index (κ3) is 5.76. The van der Waals surface area contributed by atoms with Crippen LogP contribution in [0.2, 0.25) is 0 Å². The van der Waals surface area contributed by atoms with Crippen LogP contribution in [0.5, 0.6) is 0 Å². The molecule has 0 saturated heterocycles. The molecule has 0 saturated carbocycles. The Morgan fingerprint density at radius 1 is 1.29 bits per heavy atom. The third-order valence-corrected chi connectivity index (χ3v) is 1.17. The molecule has 0 spiro atoms. The van der Waals surface area contributed by atoms with E-state index in [0.717, 1.165) is 0 Å². The fourth-order valence-corrected chi connectivity index (χ4v) is 0.466. The predicted octanol–water partition coefficient (Wildman–Crippen LogP) is 1.22. The molecular formula is C12H12O2. The zero-order valence-electron chi connectivity index (χ0n) is 8.60. The van der Waals surface area contributed by atoms with Gasteiger partial charge < -0.3 is 4.74 Å². The van der Waals surface area contributed by atoms with Crippen LogP contribution in [0, 0.1) is 41.4 Å². The van der Waals surface area contributed by atoms with Crippen LogP contribution in [-0.2, 0) is 9.53 Å². The summed E-state index contributed by atoms with van der Waals surface area (Å²) in [5, 5.41) is 0. The second-order valence-electron chi connectivity index (χ2n) is 3.52. The fraction of sp³-hybridized carbons (Fsp3) is 0.417. The van der Waals surface area contributed by atoms with Gasteiger partial charge in [-0.25, -0.2) is 0 Å². The van der Waals surface area contributed by atoms with Crippen molar-refractivity contribution in [1.82, 2.24) is 0 Å². The first-order valence-corrected chi connectivity index (χ1v) is 4.09. The van der Waals surface area contributed by atoms with Crippen molar-refractivity contribution in [3.63, 3.8) is 0 Å². The highest BCUT2D eigenvalue weighted by molar-refractivity contribution is 5.75. The Morgan fingerprint density at radius 2 is 1.93 bits per heavy atom. The minimum absolute atomic E-state index is 0.0509. The Bertz CT molecular complexity index is 356. The van der Waals surface area contributed by atoms with Crippen LogP contribution in [0.1, 0.15) is 20.8 Å². The monoisotopic (exact) mass is 188 g/mol. The highest BCUT2D eigenvalue weighted by Gasteiger charge is 2.22. The first-order chi connectivity index (χ1) is 6.48. The van der Waals surface area contributed by atoms with Gasteiger partial charge in [0.15, 0.2) is 6.61 Å². The number of terminal acetylenes is 1. The van der Waals surface area contributed by atoms with Crippen molar-refractivity contribution in [3.8, 4) is 36.0 Å². The molecule has 0 atom stereocenters. The number of hydrogen-bond acceptors (Lipinski definition) is 2.